The van der Waals surface area contributed by atoms with Crippen molar-refractivity contribution in [3.63, 3.8) is 0 Å². The molecule has 2 aliphatic rings. The summed E-state index contributed by atoms with van der Waals surface area (Å²) < 4.78 is 38.0. The van der Waals surface area contributed by atoms with Gasteiger partial charge in [0.15, 0.2) is 5.76 Å². The molecular weight excluding hydrogens is 444 g/mol. The highest BCUT2D eigenvalue weighted by Crippen LogP contribution is 2.33. The van der Waals surface area contributed by atoms with Crippen LogP contribution in [0.15, 0.2) is 33.7 Å². The first-order valence-corrected chi connectivity index (χ1v) is 12.9. The highest BCUT2D eigenvalue weighted by atomic mass is 32.2. The topological polar surface area (TPSA) is 96.2 Å². The number of ether oxygens (including phenoxy) is 1. The second-order valence-electron chi connectivity index (χ2n) is 8.57. The van der Waals surface area contributed by atoms with Crippen molar-refractivity contribution in [2.24, 2.45) is 0 Å². The van der Waals surface area contributed by atoms with E-state index in [0.717, 1.165) is 25.1 Å². The van der Waals surface area contributed by atoms with E-state index in [1.807, 2.05) is 19.1 Å². The van der Waals surface area contributed by atoms with Crippen LogP contribution >= 0.6 is 0 Å². The van der Waals surface area contributed by atoms with Crippen LogP contribution < -0.4 is 4.74 Å². The fourth-order valence-corrected chi connectivity index (χ4v) is 6.48. The second-order valence-corrected chi connectivity index (χ2v) is 10.4. The molecule has 1 aromatic heterocycles. The predicted molar refractivity (Wildman–Crippen MR) is 122 cm³/mol. The molecule has 0 aliphatic carbocycles. The average molecular weight is 477 g/mol. The Labute approximate surface area is 195 Å². The molecule has 10 heteroatoms. The molecule has 0 N–H and O–H groups in total. The minimum atomic E-state index is -3.69. The summed E-state index contributed by atoms with van der Waals surface area (Å²) in [5.41, 5.74) is 1.56. The van der Waals surface area contributed by atoms with Crippen molar-refractivity contribution in [2.75, 3.05) is 45.9 Å². The van der Waals surface area contributed by atoms with Gasteiger partial charge in [0.25, 0.3) is 0 Å². The number of carbonyl (C=O) groups is 1. The summed E-state index contributed by atoms with van der Waals surface area (Å²) in [5, 5.41) is 3.77. The van der Waals surface area contributed by atoms with E-state index in [1.165, 1.54) is 9.87 Å². The van der Waals surface area contributed by atoms with Crippen LogP contribution in [0.1, 0.15) is 42.8 Å². The summed E-state index contributed by atoms with van der Waals surface area (Å²) in [6, 6.07) is 8.34. The van der Waals surface area contributed by atoms with Crippen molar-refractivity contribution in [2.45, 2.75) is 44.6 Å². The van der Waals surface area contributed by atoms with Gasteiger partial charge < -0.3 is 14.2 Å². The number of piperazine rings is 1. The van der Waals surface area contributed by atoms with Crippen molar-refractivity contribution >= 4 is 15.9 Å². The molecule has 4 rings (SSSR count). The second kappa shape index (κ2) is 9.82. The summed E-state index contributed by atoms with van der Waals surface area (Å²) in [4.78, 5) is 17.2. The minimum Gasteiger partial charge on any atom is -0.494 e. The summed E-state index contributed by atoms with van der Waals surface area (Å²) in [6.07, 6.45) is 2.07. The summed E-state index contributed by atoms with van der Waals surface area (Å²) in [5.74, 6) is 1.19. The summed E-state index contributed by atoms with van der Waals surface area (Å²) in [6.45, 7) is 8.33. The Morgan fingerprint density at radius 2 is 1.82 bits per heavy atom. The third-order valence-electron chi connectivity index (χ3n) is 6.43. The lowest BCUT2D eigenvalue weighted by Crippen LogP contribution is -2.52. The van der Waals surface area contributed by atoms with Crippen LogP contribution in [0.3, 0.4) is 0 Å². The van der Waals surface area contributed by atoms with E-state index in [2.05, 4.69) is 22.2 Å². The highest BCUT2D eigenvalue weighted by Gasteiger charge is 2.35. The molecule has 0 radical (unpaired) electrons. The number of carbonyl (C=O) groups excluding carboxylic acids is 1. The van der Waals surface area contributed by atoms with Crippen molar-refractivity contribution in [3.8, 4) is 5.75 Å². The normalized spacial score (nSPS) is 20.3. The van der Waals surface area contributed by atoms with Crippen LogP contribution in [0.5, 0.6) is 5.75 Å². The van der Waals surface area contributed by atoms with E-state index in [-0.39, 0.29) is 29.9 Å². The Kier molecular flexibility index (Phi) is 7.06. The van der Waals surface area contributed by atoms with Crippen LogP contribution in [0.2, 0.25) is 0 Å². The van der Waals surface area contributed by atoms with Crippen LogP contribution in [0.4, 0.5) is 0 Å². The lowest BCUT2D eigenvalue weighted by atomic mass is 10.0. The van der Waals surface area contributed by atoms with E-state index in [9.17, 15) is 13.2 Å². The van der Waals surface area contributed by atoms with Crippen molar-refractivity contribution in [3.05, 3.63) is 41.3 Å². The number of hydrogen-bond acceptors (Lipinski definition) is 7. The van der Waals surface area contributed by atoms with Gasteiger partial charge in [-0.2, -0.15) is 4.31 Å². The van der Waals surface area contributed by atoms with Crippen LogP contribution in [-0.2, 0) is 14.8 Å². The van der Waals surface area contributed by atoms with Crippen molar-refractivity contribution in [1.82, 2.24) is 19.3 Å². The first kappa shape index (κ1) is 23.7. The molecule has 9 nitrogen and oxygen atoms in total. The molecule has 0 bridgehead atoms. The van der Waals surface area contributed by atoms with Gasteiger partial charge in [-0.3, -0.25) is 9.69 Å². The molecule has 0 spiro atoms. The summed E-state index contributed by atoms with van der Waals surface area (Å²) in [7, 11) is -3.69. The Bertz CT molecular complexity index is 1060. The van der Waals surface area contributed by atoms with Gasteiger partial charge in [-0.25, -0.2) is 8.42 Å². The zero-order valence-electron chi connectivity index (χ0n) is 19.5. The zero-order valence-corrected chi connectivity index (χ0v) is 20.3. The van der Waals surface area contributed by atoms with Gasteiger partial charge >= 0.3 is 0 Å². The fraction of sp³-hybridized carbons (Fsp3) is 0.565. The molecule has 0 saturated carbocycles. The maximum Gasteiger partial charge on any atom is 0.248 e. The van der Waals surface area contributed by atoms with E-state index in [1.54, 1.807) is 18.7 Å². The van der Waals surface area contributed by atoms with Gasteiger partial charge in [-0.15, -0.1) is 0 Å². The maximum absolute atomic E-state index is 13.0. The zero-order chi connectivity index (χ0) is 23.6. The minimum absolute atomic E-state index is 0.0437. The Balaban J connectivity index is 1.35. The average Bonchev–Trinajstić information content (AvgIpc) is 3.40. The number of sulfonamides is 1. The van der Waals surface area contributed by atoms with Gasteiger partial charge in [-0.05, 0) is 57.9 Å². The number of nitrogens with zero attached hydrogens (tertiary/aromatic N) is 4. The van der Waals surface area contributed by atoms with Gasteiger partial charge in [0.05, 0.1) is 13.2 Å². The molecule has 1 aromatic carbocycles. The smallest absolute Gasteiger partial charge is 0.248 e. The molecule has 2 fully saturated rings. The van der Waals surface area contributed by atoms with Crippen molar-refractivity contribution < 1.29 is 22.5 Å². The standard InChI is InChI=1S/C23H32N4O5S/c1-4-31-20-9-7-19(8-10-20)21-6-5-11-26(21)16-22(28)25-12-14-27(15-13-25)33(29,30)23-17(2)24-32-18(23)3/h7-10,21H,4-6,11-16H2,1-3H3. The van der Waals surface area contributed by atoms with E-state index >= 15 is 0 Å². The molecule has 1 amide bonds. The first-order chi connectivity index (χ1) is 15.8. The largest absolute Gasteiger partial charge is 0.494 e. The molecule has 33 heavy (non-hydrogen) atoms. The number of benzene rings is 1. The predicted octanol–water partition coefficient (Wildman–Crippen LogP) is 2.36. The third-order valence-corrected chi connectivity index (χ3v) is 8.58. The summed E-state index contributed by atoms with van der Waals surface area (Å²) >= 11 is 0. The third kappa shape index (κ3) is 4.92. The van der Waals surface area contributed by atoms with E-state index in [4.69, 9.17) is 9.26 Å². The SMILES string of the molecule is CCOc1ccc(C2CCCN2CC(=O)N2CCN(S(=O)(=O)c3c(C)noc3C)CC2)cc1. The fourth-order valence-electron chi connectivity index (χ4n) is 4.77. The lowest BCUT2D eigenvalue weighted by molar-refractivity contribution is -0.133. The highest BCUT2D eigenvalue weighted by molar-refractivity contribution is 7.89. The number of rotatable bonds is 7. The van der Waals surface area contributed by atoms with Gasteiger partial charge in [0, 0.05) is 32.2 Å². The molecule has 2 saturated heterocycles. The molecule has 1 unspecified atom stereocenters. The van der Waals surface area contributed by atoms with Crippen molar-refractivity contribution in [1.29, 1.82) is 0 Å². The number of likely N-dealkylation sites (tertiary alicyclic amines) is 1. The molecule has 2 aromatic rings. The number of amides is 1. The Morgan fingerprint density at radius 1 is 1.12 bits per heavy atom. The van der Waals surface area contributed by atoms with Gasteiger partial charge in [0.2, 0.25) is 15.9 Å². The molecular formula is C23H32N4O5S. The number of aromatic nitrogens is 1. The first-order valence-electron chi connectivity index (χ1n) is 11.5. The van der Waals surface area contributed by atoms with Gasteiger partial charge in [-0.1, -0.05) is 17.3 Å². The quantitative estimate of drug-likeness (QED) is 0.605. The van der Waals surface area contributed by atoms with Crippen LogP contribution in [0, 0.1) is 13.8 Å². The molecule has 180 valence electrons. The molecule has 3 heterocycles. The maximum atomic E-state index is 13.0. The number of hydrogen-bond donors (Lipinski definition) is 0. The Hall–Kier alpha value is -2.43. The number of aryl methyl sites for hydroxylation is 2. The monoisotopic (exact) mass is 476 g/mol. The van der Waals surface area contributed by atoms with Crippen LogP contribution in [0.25, 0.3) is 0 Å². The van der Waals surface area contributed by atoms with Gasteiger partial charge in [0.1, 0.15) is 16.3 Å². The van der Waals surface area contributed by atoms with E-state index < -0.39 is 10.0 Å². The lowest BCUT2D eigenvalue weighted by Gasteiger charge is -2.35. The van der Waals surface area contributed by atoms with Crippen LogP contribution in [-0.4, -0.2) is 79.5 Å². The van der Waals surface area contributed by atoms with E-state index in [0.29, 0.717) is 37.7 Å². The molecule has 1 atom stereocenters. The molecule has 2 aliphatic heterocycles. The Morgan fingerprint density at radius 3 is 2.42 bits per heavy atom.